The number of rotatable bonds is 2. The third-order valence-electron chi connectivity index (χ3n) is 1.59. The molecule has 0 amide bonds. The minimum Gasteiger partial charge on any atom is -0.135 e. The minimum atomic E-state index is 0.552. The third kappa shape index (κ3) is 1.52. The standard InChI is InChI=1S/C7H5N7/c8-12-11-6-1-3-7(4-2-6)14-10-5-9-13-14/h1-5H. The van der Waals surface area contributed by atoms with E-state index >= 15 is 0 Å². The highest BCUT2D eigenvalue weighted by Gasteiger charge is 1.96. The molecule has 0 aliphatic carbocycles. The summed E-state index contributed by atoms with van der Waals surface area (Å²) >= 11 is 0. The van der Waals surface area contributed by atoms with Crippen molar-refractivity contribution < 1.29 is 0 Å². The lowest BCUT2D eigenvalue weighted by atomic mass is 10.3. The Bertz CT molecular complexity index is 451. The molecule has 1 aromatic carbocycles. The van der Waals surface area contributed by atoms with Crippen LogP contribution in [0.25, 0.3) is 16.1 Å². The van der Waals surface area contributed by atoms with Gasteiger partial charge in [-0.3, -0.25) is 0 Å². The Morgan fingerprint density at radius 2 is 2.07 bits per heavy atom. The molecule has 0 spiro atoms. The normalized spacial score (nSPS) is 9.43. The molecule has 2 rings (SSSR count). The molecular weight excluding hydrogens is 182 g/mol. The minimum absolute atomic E-state index is 0.552. The first kappa shape index (κ1) is 8.21. The number of azide groups is 1. The number of nitrogens with zero attached hydrogens (tertiary/aromatic N) is 7. The number of hydrogen-bond donors (Lipinski definition) is 0. The third-order valence-corrected chi connectivity index (χ3v) is 1.59. The summed E-state index contributed by atoms with van der Waals surface area (Å²) in [5, 5.41) is 14.6. The second kappa shape index (κ2) is 3.55. The van der Waals surface area contributed by atoms with Crippen LogP contribution in [-0.2, 0) is 0 Å². The summed E-state index contributed by atoms with van der Waals surface area (Å²) in [6, 6.07) is 6.84. The van der Waals surface area contributed by atoms with Crippen LogP contribution in [0.3, 0.4) is 0 Å². The Morgan fingerprint density at radius 3 is 2.64 bits per heavy atom. The molecule has 0 N–H and O–H groups in total. The monoisotopic (exact) mass is 187 g/mol. The second-order valence-corrected chi connectivity index (χ2v) is 2.43. The summed E-state index contributed by atoms with van der Waals surface area (Å²) in [7, 11) is 0. The first-order valence-corrected chi connectivity index (χ1v) is 3.78. The zero-order chi connectivity index (χ0) is 9.80. The molecule has 2 aromatic rings. The first-order chi connectivity index (χ1) is 6.90. The van der Waals surface area contributed by atoms with E-state index in [-0.39, 0.29) is 0 Å². The maximum absolute atomic E-state index is 8.19. The van der Waals surface area contributed by atoms with E-state index in [1.165, 1.54) is 11.1 Å². The lowest BCUT2D eigenvalue weighted by Crippen LogP contribution is -1.97. The van der Waals surface area contributed by atoms with Gasteiger partial charge in [0, 0.05) is 10.6 Å². The highest BCUT2D eigenvalue weighted by atomic mass is 15.6. The molecule has 0 aliphatic rings. The van der Waals surface area contributed by atoms with Gasteiger partial charge in [0.2, 0.25) is 0 Å². The van der Waals surface area contributed by atoms with Gasteiger partial charge in [-0.05, 0) is 22.9 Å². The Morgan fingerprint density at radius 1 is 1.29 bits per heavy atom. The van der Waals surface area contributed by atoms with Crippen LogP contribution in [0, 0.1) is 0 Å². The highest BCUT2D eigenvalue weighted by Crippen LogP contribution is 2.14. The predicted octanol–water partition coefficient (Wildman–Crippen LogP) is 1.60. The molecule has 7 nitrogen and oxygen atoms in total. The molecule has 0 aliphatic heterocycles. The maximum Gasteiger partial charge on any atom is 0.162 e. The van der Waals surface area contributed by atoms with Crippen LogP contribution in [0.1, 0.15) is 0 Å². The number of hydrogen-bond acceptors (Lipinski definition) is 4. The SMILES string of the molecule is [N-]=[N+]=Nc1ccc(-n2ncnn2)cc1. The average Bonchev–Trinajstić information content (AvgIpc) is 2.72. The van der Waals surface area contributed by atoms with Gasteiger partial charge in [-0.2, -0.15) is 0 Å². The van der Waals surface area contributed by atoms with E-state index in [4.69, 9.17) is 5.53 Å². The first-order valence-electron chi connectivity index (χ1n) is 3.78. The van der Waals surface area contributed by atoms with Crippen molar-refractivity contribution in [2.45, 2.75) is 0 Å². The molecule has 0 saturated heterocycles. The van der Waals surface area contributed by atoms with Crippen LogP contribution in [0.5, 0.6) is 0 Å². The predicted molar refractivity (Wildman–Crippen MR) is 48.0 cm³/mol. The molecule has 14 heavy (non-hydrogen) atoms. The topological polar surface area (TPSA) is 92.4 Å². The molecule has 7 heteroatoms. The van der Waals surface area contributed by atoms with Crippen molar-refractivity contribution in [1.29, 1.82) is 0 Å². The van der Waals surface area contributed by atoms with E-state index in [1.54, 1.807) is 24.3 Å². The van der Waals surface area contributed by atoms with Crippen molar-refractivity contribution in [2.75, 3.05) is 0 Å². The van der Waals surface area contributed by atoms with E-state index in [0.29, 0.717) is 5.69 Å². The summed E-state index contributed by atoms with van der Waals surface area (Å²) in [5.74, 6) is 0. The van der Waals surface area contributed by atoms with Crippen molar-refractivity contribution in [2.24, 2.45) is 5.11 Å². The molecule has 0 saturated carbocycles. The summed E-state index contributed by atoms with van der Waals surface area (Å²) < 4.78 is 0. The largest absolute Gasteiger partial charge is 0.162 e. The Balaban J connectivity index is 2.35. The number of benzene rings is 1. The Kier molecular flexibility index (Phi) is 2.08. The zero-order valence-electron chi connectivity index (χ0n) is 7.02. The van der Waals surface area contributed by atoms with Gasteiger partial charge < -0.3 is 0 Å². The lowest BCUT2D eigenvalue weighted by Gasteiger charge is -1.97. The van der Waals surface area contributed by atoms with Gasteiger partial charge in [-0.15, -0.1) is 15.0 Å². The molecular formula is C7H5N7. The molecule has 0 atom stereocenters. The fourth-order valence-corrected chi connectivity index (χ4v) is 0.990. The Labute approximate surface area is 78.6 Å². The van der Waals surface area contributed by atoms with Gasteiger partial charge in [-0.25, -0.2) is 0 Å². The summed E-state index contributed by atoms with van der Waals surface area (Å²) in [5.41, 5.74) is 9.51. The van der Waals surface area contributed by atoms with Crippen LogP contribution in [0.2, 0.25) is 0 Å². The van der Waals surface area contributed by atoms with Crippen molar-refractivity contribution in [1.82, 2.24) is 20.2 Å². The molecule has 0 fully saturated rings. The van der Waals surface area contributed by atoms with Crippen LogP contribution in [0.15, 0.2) is 35.7 Å². The Hall–Kier alpha value is -2.40. The molecule has 0 unspecified atom stereocenters. The number of tetrazole rings is 1. The average molecular weight is 187 g/mol. The number of aromatic nitrogens is 4. The summed E-state index contributed by atoms with van der Waals surface area (Å²) in [6.45, 7) is 0. The molecule has 0 radical (unpaired) electrons. The van der Waals surface area contributed by atoms with E-state index in [2.05, 4.69) is 25.4 Å². The lowest BCUT2D eigenvalue weighted by molar-refractivity contribution is 0.720. The van der Waals surface area contributed by atoms with Crippen molar-refractivity contribution in [3.05, 3.63) is 41.0 Å². The van der Waals surface area contributed by atoms with Crippen LogP contribution < -0.4 is 0 Å². The van der Waals surface area contributed by atoms with Crippen molar-refractivity contribution in [3.63, 3.8) is 0 Å². The van der Waals surface area contributed by atoms with Gasteiger partial charge in [0.15, 0.2) is 6.33 Å². The zero-order valence-corrected chi connectivity index (χ0v) is 7.02. The summed E-state index contributed by atoms with van der Waals surface area (Å²) in [4.78, 5) is 4.05. The molecule has 1 aromatic heterocycles. The second-order valence-electron chi connectivity index (χ2n) is 2.43. The van der Waals surface area contributed by atoms with Gasteiger partial charge in [0.1, 0.15) is 0 Å². The van der Waals surface area contributed by atoms with E-state index in [1.807, 2.05) is 0 Å². The van der Waals surface area contributed by atoms with Crippen molar-refractivity contribution >= 4 is 5.69 Å². The van der Waals surface area contributed by atoms with E-state index < -0.39 is 0 Å². The van der Waals surface area contributed by atoms with Gasteiger partial charge in [0.25, 0.3) is 0 Å². The molecule has 1 heterocycles. The summed E-state index contributed by atoms with van der Waals surface area (Å²) in [6.07, 6.45) is 1.35. The highest BCUT2D eigenvalue weighted by molar-refractivity contribution is 5.43. The molecule has 68 valence electrons. The fraction of sp³-hybridized carbons (Fsp3) is 0. The molecule has 0 bridgehead atoms. The van der Waals surface area contributed by atoms with Crippen molar-refractivity contribution in [3.8, 4) is 5.69 Å². The van der Waals surface area contributed by atoms with Crippen LogP contribution >= 0.6 is 0 Å². The van der Waals surface area contributed by atoms with E-state index in [9.17, 15) is 0 Å². The maximum atomic E-state index is 8.19. The van der Waals surface area contributed by atoms with Crippen LogP contribution in [-0.4, -0.2) is 20.2 Å². The van der Waals surface area contributed by atoms with E-state index in [0.717, 1.165) is 5.69 Å². The smallest absolute Gasteiger partial charge is 0.135 e. The fourth-order valence-electron chi connectivity index (χ4n) is 0.990. The van der Waals surface area contributed by atoms with Gasteiger partial charge in [0.05, 0.1) is 5.69 Å². The quantitative estimate of drug-likeness (QED) is 0.406. The van der Waals surface area contributed by atoms with Gasteiger partial charge >= 0.3 is 0 Å². The van der Waals surface area contributed by atoms with Gasteiger partial charge in [-0.1, -0.05) is 17.2 Å². The van der Waals surface area contributed by atoms with Crippen LogP contribution in [0.4, 0.5) is 5.69 Å².